The molecule has 0 N–H and O–H groups in total. The molecule has 2 heterocycles. The smallest absolute Gasteiger partial charge is 0.410 e. The maximum atomic E-state index is 13.4. The first-order valence-electron chi connectivity index (χ1n) is 9.51. The third kappa shape index (κ3) is 4.29. The summed E-state index contributed by atoms with van der Waals surface area (Å²) in [4.78, 5) is 32.1. The van der Waals surface area contributed by atoms with Crippen molar-refractivity contribution in [3.05, 3.63) is 48.0 Å². The van der Waals surface area contributed by atoms with Gasteiger partial charge in [-0.1, -0.05) is 30.3 Å². The molecule has 0 bridgehead atoms. The molecule has 3 unspecified atom stereocenters. The van der Waals surface area contributed by atoms with E-state index >= 15 is 0 Å². The van der Waals surface area contributed by atoms with Gasteiger partial charge in [0.2, 0.25) is 0 Å². The van der Waals surface area contributed by atoms with Gasteiger partial charge in [-0.3, -0.25) is 9.79 Å². The Balaban J connectivity index is 1.75. The monoisotopic (exact) mass is 368 g/mol. The van der Waals surface area contributed by atoms with Crippen molar-refractivity contribution in [1.82, 2.24) is 4.90 Å². The Kier molecular flexibility index (Phi) is 5.22. The summed E-state index contributed by atoms with van der Waals surface area (Å²) in [6.07, 6.45) is 6.25. The fourth-order valence-electron chi connectivity index (χ4n) is 3.82. The van der Waals surface area contributed by atoms with Gasteiger partial charge in [0.05, 0.1) is 0 Å². The van der Waals surface area contributed by atoms with Gasteiger partial charge in [-0.15, -0.1) is 0 Å². The molecular weight excluding hydrogens is 340 g/mol. The van der Waals surface area contributed by atoms with Crippen LogP contribution in [0.3, 0.4) is 0 Å². The molecule has 3 rings (SSSR count). The number of amides is 1. The zero-order valence-electron chi connectivity index (χ0n) is 16.5. The number of hydrogen-bond donors (Lipinski definition) is 0. The first-order chi connectivity index (χ1) is 12.7. The van der Waals surface area contributed by atoms with Gasteiger partial charge in [-0.25, -0.2) is 4.79 Å². The predicted molar refractivity (Wildman–Crippen MR) is 106 cm³/mol. The number of likely N-dealkylation sites (tertiary alicyclic amines) is 1. The molecule has 1 amide bonds. The second-order valence-corrected chi connectivity index (χ2v) is 8.50. The number of aliphatic imine (C=N–C) groups is 1. The van der Waals surface area contributed by atoms with Gasteiger partial charge in [0, 0.05) is 31.1 Å². The molecule has 2 aliphatic heterocycles. The van der Waals surface area contributed by atoms with Crippen LogP contribution in [0, 0.1) is 5.92 Å². The highest BCUT2D eigenvalue weighted by Crippen LogP contribution is 2.33. The van der Waals surface area contributed by atoms with Crippen molar-refractivity contribution in [2.45, 2.75) is 57.7 Å². The van der Waals surface area contributed by atoms with E-state index in [1.54, 1.807) is 11.1 Å². The van der Waals surface area contributed by atoms with Crippen molar-refractivity contribution in [3.63, 3.8) is 0 Å². The number of nitrogens with zero attached hydrogens (tertiary/aromatic N) is 2. The quantitative estimate of drug-likeness (QED) is 0.812. The Hall–Kier alpha value is -2.43. The third-order valence-corrected chi connectivity index (χ3v) is 5.08. The number of carbonyl (C=O) groups excluding carboxylic acids is 2. The summed E-state index contributed by atoms with van der Waals surface area (Å²) in [5.74, 6) is -0.162. The Morgan fingerprint density at radius 3 is 2.56 bits per heavy atom. The summed E-state index contributed by atoms with van der Waals surface area (Å²) in [6.45, 7) is 7.90. The molecule has 0 spiro atoms. The summed E-state index contributed by atoms with van der Waals surface area (Å²) < 4.78 is 5.50. The number of ether oxygens (including phenoxy) is 1. The molecule has 3 atom stereocenters. The zero-order valence-corrected chi connectivity index (χ0v) is 16.5. The van der Waals surface area contributed by atoms with Crippen LogP contribution < -0.4 is 0 Å². The lowest BCUT2D eigenvalue weighted by Gasteiger charge is -2.28. The summed E-state index contributed by atoms with van der Waals surface area (Å²) in [5.41, 5.74) is -0.341. The predicted octanol–water partition coefficient (Wildman–Crippen LogP) is 3.82. The van der Waals surface area contributed by atoms with Crippen molar-refractivity contribution in [2.24, 2.45) is 10.9 Å². The van der Waals surface area contributed by atoms with Crippen molar-refractivity contribution in [3.8, 4) is 0 Å². The van der Waals surface area contributed by atoms with E-state index in [0.29, 0.717) is 19.4 Å². The van der Waals surface area contributed by atoms with Crippen LogP contribution in [0.1, 0.15) is 39.7 Å². The number of rotatable bonds is 4. The van der Waals surface area contributed by atoms with Gasteiger partial charge >= 0.3 is 6.09 Å². The van der Waals surface area contributed by atoms with Gasteiger partial charge in [0.1, 0.15) is 11.1 Å². The van der Waals surface area contributed by atoms with Crippen molar-refractivity contribution >= 4 is 18.1 Å². The Labute approximate surface area is 161 Å². The van der Waals surface area contributed by atoms with Gasteiger partial charge < -0.3 is 9.64 Å². The SMILES string of the molecule is CC1CC(C(=O)C2(Cc3ccccc3)C=CC=N2)CN1C(=O)OC(C)(C)C. The molecule has 1 saturated heterocycles. The van der Waals surface area contributed by atoms with Gasteiger partial charge in [0.25, 0.3) is 0 Å². The molecule has 144 valence electrons. The maximum absolute atomic E-state index is 13.4. The molecule has 0 aliphatic carbocycles. The summed E-state index contributed by atoms with van der Waals surface area (Å²) in [6, 6.07) is 9.90. The van der Waals surface area contributed by atoms with Crippen LogP contribution in [0.4, 0.5) is 4.79 Å². The molecule has 0 aromatic heterocycles. The molecule has 1 aromatic rings. The highest BCUT2D eigenvalue weighted by molar-refractivity contribution is 5.98. The van der Waals surface area contributed by atoms with E-state index in [2.05, 4.69) is 4.99 Å². The average Bonchev–Trinajstić information content (AvgIpc) is 3.21. The largest absolute Gasteiger partial charge is 0.444 e. The van der Waals surface area contributed by atoms with E-state index in [-0.39, 0.29) is 23.8 Å². The molecule has 5 nitrogen and oxygen atoms in total. The van der Waals surface area contributed by atoms with Gasteiger partial charge in [-0.05, 0) is 51.8 Å². The lowest BCUT2D eigenvalue weighted by molar-refractivity contribution is -0.126. The van der Waals surface area contributed by atoms with Crippen molar-refractivity contribution in [1.29, 1.82) is 0 Å². The van der Waals surface area contributed by atoms with Crippen LogP contribution in [0.5, 0.6) is 0 Å². The van der Waals surface area contributed by atoms with E-state index < -0.39 is 11.1 Å². The van der Waals surface area contributed by atoms with Crippen LogP contribution in [0.25, 0.3) is 0 Å². The van der Waals surface area contributed by atoms with Gasteiger partial charge in [-0.2, -0.15) is 0 Å². The minimum atomic E-state index is -0.865. The van der Waals surface area contributed by atoms with Crippen LogP contribution in [0.2, 0.25) is 0 Å². The number of carbonyl (C=O) groups is 2. The van der Waals surface area contributed by atoms with Crippen LogP contribution >= 0.6 is 0 Å². The summed E-state index contributed by atoms with van der Waals surface area (Å²) >= 11 is 0. The number of Topliss-reactive ketones (excluding diaryl/α,β-unsaturated/α-hetero) is 1. The summed E-state index contributed by atoms with van der Waals surface area (Å²) in [7, 11) is 0. The third-order valence-electron chi connectivity index (χ3n) is 5.08. The number of hydrogen-bond acceptors (Lipinski definition) is 4. The minimum Gasteiger partial charge on any atom is -0.444 e. The second-order valence-electron chi connectivity index (χ2n) is 8.50. The van der Waals surface area contributed by atoms with E-state index in [9.17, 15) is 9.59 Å². The molecular formula is C22H28N2O3. The zero-order chi connectivity index (χ0) is 19.7. The Morgan fingerprint density at radius 2 is 1.96 bits per heavy atom. The number of ketones is 1. The standard InChI is InChI=1S/C22H28N2O3/c1-16-13-18(15-24(16)20(26)27-21(2,3)4)19(25)22(11-8-12-23-22)14-17-9-6-5-7-10-17/h5-12,16,18H,13-15H2,1-4H3. The molecule has 0 radical (unpaired) electrons. The first kappa shape index (κ1) is 19.3. The summed E-state index contributed by atoms with van der Waals surface area (Å²) in [5, 5.41) is 0. The number of benzene rings is 1. The number of allylic oxidation sites excluding steroid dienone is 1. The second kappa shape index (κ2) is 7.29. The Bertz CT molecular complexity index is 750. The molecule has 5 heteroatoms. The van der Waals surface area contributed by atoms with E-state index in [1.165, 1.54) is 0 Å². The minimum absolute atomic E-state index is 0.0306. The molecule has 2 aliphatic rings. The molecule has 1 fully saturated rings. The van der Waals surface area contributed by atoms with E-state index in [4.69, 9.17) is 4.74 Å². The topological polar surface area (TPSA) is 59.0 Å². The molecule has 1 aromatic carbocycles. The normalized spacial score (nSPS) is 27.2. The van der Waals surface area contributed by atoms with Gasteiger partial charge in [0.15, 0.2) is 5.78 Å². The fraction of sp³-hybridized carbons (Fsp3) is 0.500. The van der Waals surface area contributed by atoms with Crippen molar-refractivity contribution < 1.29 is 14.3 Å². The highest BCUT2D eigenvalue weighted by Gasteiger charge is 2.46. The average molecular weight is 368 g/mol. The fourth-order valence-corrected chi connectivity index (χ4v) is 3.82. The van der Waals surface area contributed by atoms with Crippen LogP contribution in [-0.2, 0) is 16.0 Å². The van der Waals surface area contributed by atoms with E-state index in [0.717, 1.165) is 5.56 Å². The van der Waals surface area contributed by atoms with E-state index in [1.807, 2.05) is 70.2 Å². The lowest BCUT2D eigenvalue weighted by Crippen LogP contribution is -2.42. The Morgan fingerprint density at radius 1 is 1.26 bits per heavy atom. The van der Waals surface area contributed by atoms with Crippen LogP contribution in [0.15, 0.2) is 47.5 Å². The highest BCUT2D eigenvalue weighted by atomic mass is 16.6. The maximum Gasteiger partial charge on any atom is 0.410 e. The lowest BCUT2D eigenvalue weighted by atomic mass is 9.81. The first-order valence-corrected chi connectivity index (χ1v) is 9.51. The molecule has 27 heavy (non-hydrogen) atoms. The molecule has 0 saturated carbocycles. The van der Waals surface area contributed by atoms with Crippen molar-refractivity contribution in [2.75, 3.05) is 6.54 Å². The van der Waals surface area contributed by atoms with Crippen LogP contribution in [-0.4, -0.2) is 46.7 Å².